The van der Waals surface area contributed by atoms with E-state index in [4.69, 9.17) is 11.6 Å². The Balaban J connectivity index is 2.62. The summed E-state index contributed by atoms with van der Waals surface area (Å²) in [5, 5.41) is 13.2. The van der Waals surface area contributed by atoms with E-state index in [1.165, 1.54) is 18.2 Å². The van der Waals surface area contributed by atoms with E-state index in [-0.39, 0.29) is 27.4 Å². The molecule has 1 aromatic carbocycles. The monoisotopic (exact) mass is 318 g/mol. The molecule has 20 heavy (non-hydrogen) atoms. The fraction of sp³-hybridized carbons (Fsp3) is 0.417. The first kappa shape index (κ1) is 16.6. The van der Waals surface area contributed by atoms with Crippen LogP contribution in [0.1, 0.15) is 23.7 Å². The van der Waals surface area contributed by atoms with Gasteiger partial charge in [-0.3, -0.25) is 19.1 Å². The minimum absolute atomic E-state index is 0.00394. The molecule has 1 rings (SSSR count). The highest BCUT2D eigenvalue weighted by Gasteiger charge is 2.15. The molecule has 2 unspecified atom stereocenters. The van der Waals surface area contributed by atoms with Crippen LogP contribution in [0.15, 0.2) is 18.2 Å². The maximum atomic E-state index is 11.8. The summed E-state index contributed by atoms with van der Waals surface area (Å²) in [6.45, 7) is 2.22. The van der Waals surface area contributed by atoms with E-state index in [0.717, 1.165) is 0 Å². The molecular weight excluding hydrogens is 304 g/mol. The van der Waals surface area contributed by atoms with Gasteiger partial charge in [0.1, 0.15) is 5.02 Å². The van der Waals surface area contributed by atoms with Crippen molar-refractivity contribution in [3.05, 3.63) is 38.9 Å². The van der Waals surface area contributed by atoms with Crippen LogP contribution in [0, 0.1) is 10.1 Å². The second-order valence-corrected chi connectivity index (χ2v) is 6.49. The van der Waals surface area contributed by atoms with Crippen LogP contribution >= 0.6 is 11.6 Å². The second kappa shape index (κ2) is 7.35. The van der Waals surface area contributed by atoms with Gasteiger partial charge in [-0.05, 0) is 18.6 Å². The first-order chi connectivity index (χ1) is 9.32. The molecule has 0 saturated heterocycles. The van der Waals surface area contributed by atoms with Crippen molar-refractivity contribution in [2.45, 2.75) is 18.6 Å². The predicted molar refractivity (Wildman–Crippen MR) is 78.6 cm³/mol. The molecule has 2 atom stereocenters. The van der Waals surface area contributed by atoms with Gasteiger partial charge in [-0.1, -0.05) is 18.5 Å². The van der Waals surface area contributed by atoms with E-state index in [9.17, 15) is 19.1 Å². The Labute approximate surface area is 124 Å². The van der Waals surface area contributed by atoms with Gasteiger partial charge in [-0.25, -0.2) is 0 Å². The van der Waals surface area contributed by atoms with Gasteiger partial charge in [0.15, 0.2) is 0 Å². The highest BCUT2D eigenvalue weighted by Crippen LogP contribution is 2.24. The SMILES string of the molecule is CC(CCNC(=O)c1ccc([N+](=O)[O-])c(Cl)c1)S(C)=O. The maximum Gasteiger partial charge on any atom is 0.287 e. The molecular formula is C12H15ClN2O4S. The van der Waals surface area contributed by atoms with E-state index in [2.05, 4.69) is 5.32 Å². The van der Waals surface area contributed by atoms with E-state index in [1.807, 2.05) is 6.92 Å². The number of benzene rings is 1. The van der Waals surface area contributed by atoms with Gasteiger partial charge >= 0.3 is 0 Å². The third-order valence-electron chi connectivity index (χ3n) is 2.81. The predicted octanol–water partition coefficient (Wildman–Crippen LogP) is 2.14. The summed E-state index contributed by atoms with van der Waals surface area (Å²) in [6.07, 6.45) is 2.21. The Morgan fingerprint density at radius 1 is 1.55 bits per heavy atom. The summed E-state index contributed by atoms with van der Waals surface area (Å²) in [4.78, 5) is 21.8. The first-order valence-electron chi connectivity index (χ1n) is 5.87. The standard InChI is InChI=1S/C12H15ClN2O4S/c1-8(20(2)19)5-6-14-12(16)9-3-4-11(15(17)18)10(13)7-9/h3-4,7-8H,5-6H2,1-2H3,(H,14,16). The van der Waals surface area contributed by atoms with E-state index in [1.54, 1.807) is 6.26 Å². The van der Waals surface area contributed by atoms with Crippen LogP contribution in [-0.4, -0.2) is 33.1 Å². The molecule has 0 aromatic heterocycles. The molecule has 0 spiro atoms. The summed E-state index contributed by atoms with van der Waals surface area (Å²) in [6, 6.07) is 3.80. The normalized spacial score (nSPS) is 13.6. The minimum atomic E-state index is -0.929. The molecule has 110 valence electrons. The fourth-order valence-electron chi connectivity index (χ4n) is 1.45. The molecule has 0 aliphatic rings. The number of rotatable bonds is 6. The van der Waals surface area contributed by atoms with Crippen molar-refractivity contribution >= 4 is 34.0 Å². The Hall–Kier alpha value is -1.47. The molecule has 0 aliphatic heterocycles. The third-order valence-corrected chi connectivity index (χ3v) is 4.48. The van der Waals surface area contributed by atoms with Crippen molar-refractivity contribution in [1.29, 1.82) is 0 Å². The zero-order chi connectivity index (χ0) is 15.3. The summed E-state index contributed by atoms with van der Waals surface area (Å²) < 4.78 is 11.2. The van der Waals surface area contributed by atoms with Crippen LogP contribution in [0.3, 0.4) is 0 Å². The Morgan fingerprint density at radius 2 is 2.20 bits per heavy atom. The highest BCUT2D eigenvalue weighted by atomic mass is 35.5. The lowest BCUT2D eigenvalue weighted by Crippen LogP contribution is -2.27. The number of halogens is 1. The van der Waals surface area contributed by atoms with Gasteiger partial charge in [0, 0.05) is 40.5 Å². The number of carbonyl (C=O) groups is 1. The summed E-state index contributed by atoms with van der Waals surface area (Å²) in [5.74, 6) is -0.365. The molecule has 8 heteroatoms. The smallest absolute Gasteiger partial charge is 0.287 e. The van der Waals surface area contributed by atoms with Gasteiger partial charge in [-0.15, -0.1) is 0 Å². The van der Waals surface area contributed by atoms with E-state index < -0.39 is 15.7 Å². The quantitative estimate of drug-likeness (QED) is 0.642. The van der Waals surface area contributed by atoms with Crippen molar-refractivity contribution < 1.29 is 13.9 Å². The molecule has 0 heterocycles. The van der Waals surface area contributed by atoms with Gasteiger partial charge in [-0.2, -0.15) is 0 Å². The number of amides is 1. The second-order valence-electron chi connectivity index (χ2n) is 4.28. The van der Waals surface area contributed by atoms with Crippen molar-refractivity contribution in [2.24, 2.45) is 0 Å². The fourth-order valence-corrected chi connectivity index (χ4v) is 2.15. The zero-order valence-corrected chi connectivity index (χ0v) is 12.7. The Bertz CT molecular complexity index is 550. The molecule has 6 nitrogen and oxygen atoms in total. The summed E-state index contributed by atoms with van der Waals surface area (Å²) in [7, 11) is -0.929. The summed E-state index contributed by atoms with van der Waals surface area (Å²) >= 11 is 5.73. The van der Waals surface area contributed by atoms with Crippen molar-refractivity contribution in [1.82, 2.24) is 5.32 Å². The number of hydrogen-bond donors (Lipinski definition) is 1. The zero-order valence-electron chi connectivity index (χ0n) is 11.1. The Morgan fingerprint density at radius 3 is 2.70 bits per heavy atom. The lowest BCUT2D eigenvalue weighted by atomic mass is 10.2. The minimum Gasteiger partial charge on any atom is -0.352 e. The number of nitro benzene ring substituents is 1. The molecule has 0 radical (unpaired) electrons. The Kier molecular flexibility index (Phi) is 6.09. The number of carbonyl (C=O) groups excluding carboxylic acids is 1. The number of nitro groups is 1. The molecule has 1 amide bonds. The van der Waals surface area contributed by atoms with Crippen LogP contribution in [0.2, 0.25) is 5.02 Å². The van der Waals surface area contributed by atoms with E-state index in [0.29, 0.717) is 13.0 Å². The summed E-state index contributed by atoms with van der Waals surface area (Å²) in [5.41, 5.74) is 0.0177. The molecule has 0 aliphatic carbocycles. The molecule has 0 saturated carbocycles. The lowest BCUT2D eigenvalue weighted by molar-refractivity contribution is -0.384. The van der Waals surface area contributed by atoms with Crippen LogP contribution in [0.25, 0.3) is 0 Å². The molecule has 0 bridgehead atoms. The van der Waals surface area contributed by atoms with Crippen LogP contribution in [0.5, 0.6) is 0 Å². The van der Waals surface area contributed by atoms with Crippen LogP contribution in [0.4, 0.5) is 5.69 Å². The highest BCUT2D eigenvalue weighted by molar-refractivity contribution is 7.84. The first-order valence-corrected chi connectivity index (χ1v) is 7.87. The largest absolute Gasteiger partial charge is 0.352 e. The molecule has 1 aromatic rings. The number of nitrogens with zero attached hydrogens (tertiary/aromatic N) is 1. The van der Waals surface area contributed by atoms with Crippen molar-refractivity contribution in [3.8, 4) is 0 Å². The number of nitrogens with one attached hydrogen (secondary N) is 1. The van der Waals surface area contributed by atoms with Gasteiger partial charge < -0.3 is 5.32 Å². The van der Waals surface area contributed by atoms with Crippen molar-refractivity contribution in [2.75, 3.05) is 12.8 Å². The van der Waals surface area contributed by atoms with Gasteiger partial charge in [0.2, 0.25) is 0 Å². The molecule has 1 N–H and O–H groups in total. The van der Waals surface area contributed by atoms with Crippen molar-refractivity contribution in [3.63, 3.8) is 0 Å². The third kappa shape index (κ3) is 4.57. The maximum absolute atomic E-state index is 11.8. The van der Waals surface area contributed by atoms with Gasteiger partial charge in [0.25, 0.3) is 11.6 Å². The van der Waals surface area contributed by atoms with E-state index >= 15 is 0 Å². The van der Waals surface area contributed by atoms with Crippen LogP contribution in [-0.2, 0) is 10.8 Å². The lowest BCUT2D eigenvalue weighted by Gasteiger charge is -2.09. The topological polar surface area (TPSA) is 89.3 Å². The molecule has 0 fully saturated rings. The average Bonchev–Trinajstić information content (AvgIpc) is 2.37. The van der Waals surface area contributed by atoms with Crippen LogP contribution < -0.4 is 5.32 Å². The average molecular weight is 319 g/mol. The number of hydrogen-bond acceptors (Lipinski definition) is 4. The van der Waals surface area contributed by atoms with Gasteiger partial charge in [0.05, 0.1) is 4.92 Å².